The van der Waals surface area contributed by atoms with Gasteiger partial charge in [-0.1, -0.05) is 72.0 Å². The van der Waals surface area contributed by atoms with Crippen LogP contribution in [0.15, 0.2) is 77.6 Å². The Morgan fingerprint density at radius 2 is 1.63 bits per heavy atom. The molecule has 27 heavy (non-hydrogen) atoms. The van der Waals surface area contributed by atoms with E-state index in [4.69, 9.17) is 0 Å². The van der Waals surface area contributed by atoms with Crippen LogP contribution in [0.2, 0.25) is 0 Å². The molecular formula is C20H13N3O3S. The van der Waals surface area contributed by atoms with Gasteiger partial charge < -0.3 is 5.32 Å². The highest BCUT2D eigenvalue weighted by Crippen LogP contribution is 2.29. The van der Waals surface area contributed by atoms with E-state index in [1.807, 2.05) is 66.7 Å². The van der Waals surface area contributed by atoms with Crippen LogP contribution in [0.1, 0.15) is 0 Å². The maximum Gasteiger partial charge on any atom is 0.369 e. The van der Waals surface area contributed by atoms with Crippen molar-refractivity contribution in [3.8, 4) is 10.6 Å². The van der Waals surface area contributed by atoms with Gasteiger partial charge in [0, 0.05) is 11.3 Å². The van der Waals surface area contributed by atoms with Crippen LogP contribution in [0.4, 0.5) is 17.2 Å². The maximum atomic E-state index is 12.4. The summed E-state index contributed by atoms with van der Waals surface area (Å²) in [5, 5.41) is 16.8. The maximum absolute atomic E-state index is 12.4. The van der Waals surface area contributed by atoms with Crippen molar-refractivity contribution >= 4 is 39.3 Å². The molecule has 0 radical (unpaired) electrons. The summed E-state index contributed by atoms with van der Waals surface area (Å²) in [5.41, 5.74) is 0.808. The van der Waals surface area contributed by atoms with E-state index < -0.39 is 15.4 Å². The van der Waals surface area contributed by atoms with Crippen LogP contribution >= 0.6 is 11.3 Å². The van der Waals surface area contributed by atoms with Gasteiger partial charge in [-0.25, -0.2) is 4.98 Å². The lowest BCUT2D eigenvalue weighted by atomic mass is 10.1. The summed E-state index contributed by atoms with van der Waals surface area (Å²) in [4.78, 5) is 27.5. The quantitative estimate of drug-likeness (QED) is 0.402. The first-order chi connectivity index (χ1) is 13.1. The molecule has 0 atom stereocenters. The Morgan fingerprint density at radius 1 is 0.926 bits per heavy atom. The Morgan fingerprint density at radius 3 is 2.37 bits per heavy atom. The number of aromatic nitrogens is 1. The van der Waals surface area contributed by atoms with Gasteiger partial charge in [-0.2, -0.15) is 0 Å². The molecule has 1 aromatic heterocycles. The summed E-state index contributed by atoms with van der Waals surface area (Å²) >= 11 is 0.764. The SMILES string of the molecule is O=c1sc(-c2ccccc2)nc(Nc2ccc3ccccc3c2)c1[N+](=O)[O-]. The molecule has 0 amide bonds. The Labute approximate surface area is 157 Å². The molecule has 0 aliphatic rings. The van der Waals surface area contributed by atoms with Crippen LogP contribution in [0, 0.1) is 10.1 Å². The van der Waals surface area contributed by atoms with Gasteiger partial charge in [0.05, 0.1) is 4.92 Å². The Bertz CT molecular complexity index is 1210. The topological polar surface area (TPSA) is 85.1 Å². The van der Waals surface area contributed by atoms with Crippen LogP contribution < -0.4 is 10.1 Å². The number of nitrogens with zero attached hydrogens (tertiary/aromatic N) is 2. The highest BCUT2D eigenvalue weighted by molar-refractivity contribution is 7.12. The van der Waals surface area contributed by atoms with Crippen LogP contribution in [0.5, 0.6) is 0 Å². The number of hydrogen-bond acceptors (Lipinski definition) is 6. The summed E-state index contributed by atoms with van der Waals surface area (Å²) in [6.07, 6.45) is 0. The number of hydrogen-bond donors (Lipinski definition) is 1. The minimum Gasteiger partial charge on any atom is -0.334 e. The normalized spacial score (nSPS) is 10.7. The van der Waals surface area contributed by atoms with Gasteiger partial charge >= 0.3 is 10.4 Å². The highest BCUT2D eigenvalue weighted by Gasteiger charge is 2.23. The lowest BCUT2D eigenvalue weighted by Gasteiger charge is -2.08. The zero-order chi connectivity index (χ0) is 18.8. The zero-order valence-electron chi connectivity index (χ0n) is 14.0. The fraction of sp³-hybridized carbons (Fsp3) is 0. The molecule has 3 aromatic carbocycles. The van der Waals surface area contributed by atoms with E-state index in [0.29, 0.717) is 10.7 Å². The molecule has 132 valence electrons. The average Bonchev–Trinajstić information content (AvgIpc) is 2.68. The number of nitro groups is 1. The molecule has 6 nitrogen and oxygen atoms in total. The highest BCUT2D eigenvalue weighted by atomic mass is 32.1. The van der Waals surface area contributed by atoms with Gasteiger partial charge in [-0.3, -0.25) is 14.9 Å². The molecule has 4 aromatic rings. The predicted octanol–water partition coefficient (Wildman–Crippen LogP) is 4.98. The number of fused-ring (bicyclic) bond motifs is 1. The third kappa shape index (κ3) is 3.40. The van der Waals surface area contributed by atoms with Crippen molar-refractivity contribution in [3.63, 3.8) is 0 Å². The van der Waals surface area contributed by atoms with Crippen molar-refractivity contribution in [2.45, 2.75) is 0 Å². The lowest BCUT2D eigenvalue weighted by molar-refractivity contribution is -0.384. The third-order valence-corrected chi connectivity index (χ3v) is 4.93. The molecule has 0 fully saturated rings. The zero-order valence-corrected chi connectivity index (χ0v) is 14.8. The Hall–Kier alpha value is -3.58. The Kier molecular flexibility index (Phi) is 4.35. The second kappa shape index (κ2) is 6.97. The molecule has 0 aliphatic carbocycles. The average molecular weight is 375 g/mol. The number of anilines is 2. The van der Waals surface area contributed by atoms with Crippen molar-refractivity contribution in [2.75, 3.05) is 5.32 Å². The predicted molar refractivity (Wildman–Crippen MR) is 108 cm³/mol. The van der Waals surface area contributed by atoms with Crippen LogP contribution in [0.3, 0.4) is 0 Å². The van der Waals surface area contributed by atoms with Gasteiger partial charge in [0.15, 0.2) is 0 Å². The fourth-order valence-corrected chi connectivity index (χ4v) is 3.60. The molecule has 4 rings (SSSR count). The molecule has 0 saturated carbocycles. The second-order valence-electron chi connectivity index (χ2n) is 5.81. The van der Waals surface area contributed by atoms with Crippen molar-refractivity contribution in [1.29, 1.82) is 0 Å². The smallest absolute Gasteiger partial charge is 0.334 e. The molecule has 7 heteroatoms. The Balaban J connectivity index is 1.83. The summed E-state index contributed by atoms with van der Waals surface area (Å²) < 4.78 is -0.642. The molecule has 1 heterocycles. The summed E-state index contributed by atoms with van der Waals surface area (Å²) in [6, 6.07) is 22.5. The van der Waals surface area contributed by atoms with Crippen LogP contribution in [-0.2, 0) is 0 Å². The minimum atomic E-state index is -0.690. The lowest BCUT2D eigenvalue weighted by Crippen LogP contribution is -2.10. The molecule has 0 unspecified atom stereocenters. The second-order valence-corrected chi connectivity index (χ2v) is 6.78. The first-order valence-electron chi connectivity index (χ1n) is 8.12. The molecule has 0 saturated heterocycles. The van der Waals surface area contributed by atoms with Gasteiger partial charge in [-0.15, -0.1) is 0 Å². The minimum absolute atomic E-state index is 0.0575. The van der Waals surface area contributed by atoms with Crippen molar-refractivity contribution in [3.05, 3.63) is 92.4 Å². The molecule has 0 aliphatic heterocycles. The van der Waals surface area contributed by atoms with Gasteiger partial charge in [0.2, 0.25) is 5.82 Å². The van der Waals surface area contributed by atoms with E-state index in [1.54, 1.807) is 6.07 Å². The monoisotopic (exact) mass is 375 g/mol. The van der Waals surface area contributed by atoms with E-state index in [0.717, 1.165) is 27.7 Å². The number of nitrogens with one attached hydrogen (secondary N) is 1. The van der Waals surface area contributed by atoms with Gasteiger partial charge in [0.1, 0.15) is 5.01 Å². The van der Waals surface area contributed by atoms with Crippen molar-refractivity contribution < 1.29 is 4.92 Å². The number of rotatable bonds is 4. The van der Waals surface area contributed by atoms with Crippen molar-refractivity contribution in [1.82, 2.24) is 4.98 Å². The summed E-state index contributed by atoms with van der Waals surface area (Å²) in [6.45, 7) is 0. The first kappa shape index (κ1) is 16.9. The van der Waals surface area contributed by atoms with Gasteiger partial charge in [-0.05, 0) is 22.9 Å². The van der Waals surface area contributed by atoms with E-state index in [2.05, 4.69) is 10.3 Å². The van der Waals surface area contributed by atoms with E-state index >= 15 is 0 Å². The molecule has 1 N–H and O–H groups in total. The molecule has 0 spiro atoms. The van der Waals surface area contributed by atoms with Crippen LogP contribution in [0.25, 0.3) is 21.3 Å². The standard InChI is InChI=1S/C20H13N3O3S/c24-20-17(23(25)26)18(22-19(27-20)14-7-2-1-3-8-14)21-16-11-10-13-6-4-5-9-15(13)12-16/h1-12,21H. The number of benzene rings is 3. The molecular weight excluding hydrogens is 362 g/mol. The summed E-state index contributed by atoms with van der Waals surface area (Å²) in [5.74, 6) is -0.0575. The first-order valence-corrected chi connectivity index (χ1v) is 8.94. The summed E-state index contributed by atoms with van der Waals surface area (Å²) in [7, 11) is 0. The van der Waals surface area contributed by atoms with Gasteiger partial charge in [0.25, 0.3) is 0 Å². The van der Waals surface area contributed by atoms with E-state index in [-0.39, 0.29) is 5.82 Å². The van der Waals surface area contributed by atoms with Crippen LogP contribution in [-0.4, -0.2) is 9.91 Å². The van der Waals surface area contributed by atoms with E-state index in [1.165, 1.54) is 0 Å². The van der Waals surface area contributed by atoms with Crippen molar-refractivity contribution in [2.24, 2.45) is 0 Å². The fourth-order valence-electron chi connectivity index (χ4n) is 2.77. The largest absolute Gasteiger partial charge is 0.369 e. The molecule has 0 bridgehead atoms. The third-order valence-electron chi connectivity index (χ3n) is 4.04. The van der Waals surface area contributed by atoms with E-state index in [9.17, 15) is 14.9 Å².